The molecule has 1 atom stereocenters. The maximum absolute atomic E-state index is 11.0. The minimum Gasteiger partial charge on any atom is -0.478 e. The fourth-order valence-electron chi connectivity index (χ4n) is 2.18. The highest BCUT2D eigenvalue weighted by atomic mass is 32.1. The van der Waals surface area contributed by atoms with Gasteiger partial charge in [0, 0.05) is 4.88 Å². The predicted molar refractivity (Wildman–Crippen MR) is 78.8 cm³/mol. The van der Waals surface area contributed by atoms with Gasteiger partial charge in [-0.15, -0.1) is 11.3 Å². The topological polar surface area (TPSA) is 57.5 Å². The predicted octanol–water partition coefficient (Wildman–Crippen LogP) is 4.62. The van der Waals surface area contributed by atoms with E-state index >= 15 is 0 Å². The molecule has 1 heterocycles. The first-order chi connectivity index (χ1) is 9.16. The van der Waals surface area contributed by atoms with Crippen LogP contribution in [0.5, 0.6) is 0 Å². The quantitative estimate of drug-likeness (QED) is 0.616. The number of aromatic carboxylic acids is 1. The first kappa shape index (κ1) is 16.2. The maximum atomic E-state index is 11.0. The molecule has 0 saturated heterocycles. The van der Waals surface area contributed by atoms with E-state index in [0.29, 0.717) is 11.3 Å². The minimum absolute atomic E-state index is 0.250. The lowest BCUT2D eigenvalue weighted by atomic mass is 10.0. The molecule has 2 N–H and O–H groups in total. The van der Waals surface area contributed by atoms with Gasteiger partial charge < -0.3 is 10.2 Å². The molecule has 0 aliphatic carbocycles. The molecular weight excluding hydrogens is 260 g/mol. The lowest BCUT2D eigenvalue weighted by Gasteiger charge is -2.09. The Hall–Kier alpha value is -0.870. The van der Waals surface area contributed by atoms with Crippen LogP contribution < -0.4 is 0 Å². The molecule has 1 aromatic rings. The third kappa shape index (κ3) is 5.74. The summed E-state index contributed by atoms with van der Waals surface area (Å²) in [5.41, 5.74) is 0.250. The summed E-state index contributed by atoms with van der Waals surface area (Å²) in [6.07, 6.45) is 8.46. The summed E-state index contributed by atoms with van der Waals surface area (Å²) in [6.45, 7) is 2.21. The molecule has 1 unspecified atom stereocenters. The molecule has 0 fully saturated rings. The van der Waals surface area contributed by atoms with Crippen LogP contribution >= 0.6 is 11.3 Å². The van der Waals surface area contributed by atoms with Crippen molar-refractivity contribution in [1.29, 1.82) is 0 Å². The Bertz CT molecular complexity index is 373. The Morgan fingerprint density at radius 2 is 1.84 bits per heavy atom. The molecular formula is C15H24O3S. The SMILES string of the molecule is CCCCCCCCCC(O)c1sccc1C(=O)O. The Labute approximate surface area is 119 Å². The number of aliphatic hydroxyl groups excluding tert-OH is 1. The highest BCUT2D eigenvalue weighted by Crippen LogP contribution is 2.28. The van der Waals surface area contributed by atoms with Crippen LogP contribution in [0, 0.1) is 0 Å². The smallest absolute Gasteiger partial charge is 0.336 e. The van der Waals surface area contributed by atoms with Gasteiger partial charge in [-0.1, -0.05) is 51.9 Å². The number of thiophene rings is 1. The molecule has 4 heteroatoms. The third-order valence-corrected chi connectivity index (χ3v) is 4.33. The van der Waals surface area contributed by atoms with E-state index in [-0.39, 0.29) is 5.56 Å². The molecule has 0 saturated carbocycles. The van der Waals surface area contributed by atoms with Gasteiger partial charge in [0.05, 0.1) is 11.7 Å². The van der Waals surface area contributed by atoms with Crippen LogP contribution in [-0.4, -0.2) is 16.2 Å². The molecule has 1 aromatic heterocycles. The molecule has 108 valence electrons. The summed E-state index contributed by atoms with van der Waals surface area (Å²) in [4.78, 5) is 11.6. The first-order valence-corrected chi connectivity index (χ1v) is 8.03. The zero-order valence-electron chi connectivity index (χ0n) is 11.6. The Balaban J connectivity index is 2.22. The normalized spacial score (nSPS) is 12.5. The van der Waals surface area contributed by atoms with Crippen molar-refractivity contribution < 1.29 is 15.0 Å². The van der Waals surface area contributed by atoms with Crippen LogP contribution in [0.15, 0.2) is 11.4 Å². The minimum atomic E-state index is -0.949. The molecule has 0 aliphatic heterocycles. The number of carboxylic acids is 1. The van der Waals surface area contributed by atoms with Gasteiger partial charge in [0.25, 0.3) is 0 Å². The standard InChI is InChI=1S/C15H24O3S/c1-2-3-4-5-6-7-8-9-13(16)14-12(15(17)18)10-11-19-14/h10-11,13,16H,2-9H2,1H3,(H,17,18). The Morgan fingerprint density at radius 3 is 2.47 bits per heavy atom. The van der Waals surface area contributed by atoms with Crippen molar-refractivity contribution in [2.24, 2.45) is 0 Å². The average molecular weight is 284 g/mol. The van der Waals surface area contributed by atoms with E-state index in [1.807, 2.05) is 0 Å². The van der Waals surface area contributed by atoms with E-state index in [2.05, 4.69) is 6.92 Å². The number of carboxylic acid groups (broad SMARTS) is 1. The van der Waals surface area contributed by atoms with E-state index in [4.69, 9.17) is 5.11 Å². The van der Waals surface area contributed by atoms with Gasteiger partial charge >= 0.3 is 5.97 Å². The van der Waals surface area contributed by atoms with Gasteiger partial charge in [0.1, 0.15) is 0 Å². The van der Waals surface area contributed by atoms with Crippen LogP contribution in [-0.2, 0) is 0 Å². The van der Waals surface area contributed by atoms with E-state index in [9.17, 15) is 9.90 Å². The number of unbranched alkanes of at least 4 members (excludes halogenated alkanes) is 6. The number of aliphatic hydroxyl groups is 1. The molecule has 0 radical (unpaired) electrons. The van der Waals surface area contributed by atoms with Crippen molar-refractivity contribution in [3.8, 4) is 0 Å². The second-order valence-corrected chi connectivity index (χ2v) is 5.88. The van der Waals surface area contributed by atoms with Crippen molar-refractivity contribution in [3.05, 3.63) is 21.9 Å². The maximum Gasteiger partial charge on any atom is 0.336 e. The van der Waals surface area contributed by atoms with Gasteiger partial charge in [-0.05, 0) is 17.9 Å². The van der Waals surface area contributed by atoms with Crippen molar-refractivity contribution in [2.75, 3.05) is 0 Å². The average Bonchev–Trinajstić information content (AvgIpc) is 2.87. The molecule has 0 aliphatic rings. The summed E-state index contributed by atoms with van der Waals surface area (Å²) >= 11 is 1.33. The second kappa shape index (κ2) is 9.10. The van der Waals surface area contributed by atoms with Crippen molar-refractivity contribution >= 4 is 17.3 Å². The van der Waals surface area contributed by atoms with Crippen LogP contribution in [0.1, 0.15) is 79.6 Å². The van der Waals surface area contributed by atoms with Crippen LogP contribution in [0.2, 0.25) is 0 Å². The number of carbonyl (C=O) groups is 1. The van der Waals surface area contributed by atoms with E-state index in [1.165, 1.54) is 43.4 Å². The lowest BCUT2D eigenvalue weighted by molar-refractivity contribution is 0.0689. The zero-order chi connectivity index (χ0) is 14.1. The number of rotatable bonds is 10. The second-order valence-electron chi connectivity index (χ2n) is 4.93. The highest BCUT2D eigenvalue weighted by molar-refractivity contribution is 7.10. The number of hydrogen-bond acceptors (Lipinski definition) is 3. The Morgan fingerprint density at radius 1 is 1.21 bits per heavy atom. The molecule has 0 spiro atoms. The van der Waals surface area contributed by atoms with Crippen LogP contribution in [0.25, 0.3) is 0 Å². The summed E-state index contributed by atoms with van der Waals surface area (Å²) in [6, 6.07) is 1.57. The van der Waals surface area contributed by atoms with Crippen LogP contribution in [0.4, 0.5) is 0 Å². The monoisotopic (exact) mass is 284 g/mol. The molecule has 0 bridgehead atoms. The Kier molecular flexibility index (Phi) is 7.75. The van der Waals surface area contributed by atoms with Gasteiger partial charge in [-0.3, -0.25) is 0 Å². The summed E-state index contributed by atoms with van der Waals surface area (Å²) < 4.78 is 0. The summed E-state index contributed by atoms with van der Waals surface area (Å²) in [5.74, 6) is -0.949. The van der Waals surface area contributed by atoms with Gasteiger partial charge in [-0.2, -0.15) is 0 Å². The molecule has 19 heavy (non-hydrogen) atoms. The van der Waals surface area contributed by atoms with Gasteiger partial charge in [-0.25, -0.2) is 4.79 Å². The largest absolute Gasteiger partial charge is 0.478 e. The molecule has 1 rings (SSSR count). The lowest BCUT2D eigenvalue weighted by Crippen LogP contribution is -2.03. The van der Waals surface area contributed by atoms with Gasteiger partial charge in [0.15, 0.2) is 0 Å². The van der Waals surface area contributed by atoms with Gasteiger partial charge in [0.2, 0.25) is 0 Å². The molecule has 0 amide bonds. The van der Waals surface area contributed by atoms with Crippen molar-refractivity contribution in [2.45, 2.75) is 64.4 Å². The van der Waals surface area contributed by atoms with E-state index < -0.39 is 12.1 Å². The van der Waals surface area contributed by atoms with E-state index in [1.54, 1.807) is 11.4 Å². The van der Waals surface area contributed by atoms with Crippen molar-refractivity contribution in [3.63, 3.8) is 0 Å². The fourth-order valence-corrected chi connectivity index (χ4v) is 3.09. The van der Waals surface area contributed by atoms with Crippen LogP contribution in [0.3, 0.4) is 0 Å². The fraction of sp³-hybridized carbons (Fsp3) is 0.667. The molecule has 3 nitrogen and oxygen atoms in total. The van der Waals surface area contributed by atoms with E-state index in [0.717, 1.165) is 12.8 Å². The van der Waals surface area contributed by atoms with Crippen molar-refractivity contribution in [1.82, 2.24) is 0 Å². The molecule has 0 aromatic carbocycles. The third-order valence-electron chi connectivity index (χ3n) is 3.31. The highest BCUT2D eigenvalue weighted by Gasteiger charge is 2.17. The zero-order valence-corrected chi connectivity index (χ0v) is 12.4. The first-order valence-electron chi connectivity index (χ1n) is 7.15. The summed E-state index contributed by atoms with van der Waals surface area (Å²) in [7, 11) is 0. The summed E-state index contributed by atoms with van der Waals surface area (Å²) in [5, 5.41) is 20.7. The number of hydrogen-bond donors (Lipinski definition) is 2.